The molecule has 1 aromatic heterocycles. The van der Waals surface area contributed by atoms with E-state index in [2.05, 4.69) is 25.8 Å². The Morgan fingerprint density at radius 1 is 1.32 bits per heavy atom. The maximum absolute atomic E-state index is 11.7. The number of H-pyrrole nitrogens is 1. The average Bonchev–Trinajstić information content (AvgIpc) is 3.15. The number of carbonyl (C=O) groups is 2. The summed E-state index contributed by atoms with van der Waals surface area (Å²) in [7, 11) is 0. The van der Waals surface area contributed by atoms with Gasteiger partial charge in [-0.05, 0) is 19.3 Å². The van der Waals surface area contributed by atoms with Gasteiger partial charge in [0.1, 0.15) is 5.82 Å². The van der Waals surface area contributed by atoms with E-state index in [1.54, 1.807) is 0 Å². The first kappa shape index (κ1) is 13.5. The zero-order chi connectivity index (χ0) is 13.7. The number of aromatic amines is 1. The SMILES string of the molecule is CCCc1nc(C(=O)NCCNC(=O)C2CC2)n[nH]1. The third-order valence-electron chi connectivity index (χ3n) is 2.88. The van der Waals surface area contributed by atoms with Gasteiger partial charge in [0.15, 0.2) is 0 Å². The molecule has 19 heavy (non-hydrogen) atoms. The van der Waals surface area contributed by atoms with Gasteiger partial charge < -0.3 is 10.6 Å². The molecule has 2 amide bonds. The second-order valence-electron chi connectivity index (χ2n) is 4.68. The number of nitrogens with zero attached hydrogens (tertiary/aromatic N) is 2. The fraction of sp³-hybridized carbons (Fsp3) is 0.667. The summed E-state index contributed by atoms with van der Waals surface area (Å²) in [5, 5.41) is 12.0. The van der Waals surface area contributed by atoms with Crippen LogP contribution in [0.2, 0.25) is 0 Å². The lowest BCUT2D eigenvalue weighted by molar-refractivity contribution is -0.122. The number of rotatable bonds is 7. The first-order valence-corrected chi connectivity index (χ1v) is 6.68. The van der Waals surface area contributed by atoms with Gasteiger partial charge in [0, 0.05) is 25.4 Å². The van der Waals surface area contributed by atoms with Crippen LogP contribution in [0.5, 0.6) is 0 Å². The van der Waals surface area contributed by atoms with Crippen LogP contribution < -0.4 is 10.6 Å². The van der Waals surface area contributed by atoms with Crippen molar-refractivity contribution in [1.29, 1.82) is 0 Å². The monoisotopic (exact) mass is 265 g/mol. The van der Waals surface area contributed by atoms with E-state index in [0.29, 0.717) is 13.1 Å². The van der Waals surface area contributed by atoms with E-state index < -0.39 is 0 Å². The third-order valence-corrected chi connectivity index (χ3v) is 2.88. The normalized spacial score (nSPS) is 14.2. The van der Waals surface area contributed by atoms with Gasteiger partial charge in [-0.15, -0.1) is 5.10 Å². The molecule has 0 saturated heterocycles. The van der Waals surface area contributed by atoms with Gasteiger partial charge in [0.2, 0.25) is 11.7 Å². The lowest BCUT2D eigenvalue weighted by Gasteiger charge is -2.04. The van der Waals surface area contributed by atoms with Crippen LogP contribution in [-0.2, 0) is 11.2 Å². The van der Waals surface area contributed by atoms with Crippen molar-refractivity contribution in [2.24, 2.45) is 5.92 Å². The van der Waals surface area contributed by atoms with Crippen LogP contribution in [-0.4, -0.2) is 40.1 Å². The minimum Gasteiger partial charge on any atom is -0.354 e. The predicted molar refractivity (Wildman–Crippen MR) is 68.4 cm³/mol. The molecule has 0 spiro atoms. The molecule has 0 radical (unpaired) electrons. The molecule has 1 aromatic rings. The number of carbonyl (C=O) groups excluding carboxylic acids is 2. The number of amides is 2. The molecule has 1 aliphatic rings. The van der Waals surface area contributed by atoms with Crippen molar-refractivity contribution in [1.82, 2.24) is 25.8 Å². The van der Waals surface area contributed by atoms with E-state index in [-0.39, 0.29) is 23.6 Å². The molecule has 1 fully saturated rings. The van der Waals surface area contributed by atoms with E-state index in [0.717, 1.165) is 31.5 Å². The Hall–Kier alpha value is -1.92. The standard InChI is InChI=1S/C12H19N5O2/c1-2-3-9-15-10(17-16-9)12(19)14-7-6-13-11(18)8-4-5-8/h8H,2-7H2,1H3,(H,13,18)(H,14,19)(H,15,16,17). The number of hydrogen-bond donors (Lipinski definition) is 3. The van der Waals surface area contributed by atoms with E-state index in [1.807, 2.05) is 6.92 Å². The Bertz CT molecular complexity index is 453. The first-order valence-electron chi connectivity index (χ1n) is 6.68. The fourth-order valence-electron chi connectivity index (χ4n) is 1.68. The van der Waals surface area contributed by atoms with Crippen LogP contribution in [0, 0.1) is 5.92 Å². The highest BCUT2D eigenvalue weighted by atomic mass is 16.2. The highest BCUT2D eigenvalue weighted by Gasteiger charge is 2.29. The summed E-state index contributed by atoms with van der Waals surface area (Å²) in [5.74, 6) is 0.823. The van der Waals surface area contributed by atoms with Crippen molar-refractivity contribution in [2.75, 3.05) is 13.1 Å². The second-order valence-corrected chi connectivity index (χ2v) is 4.68. The van der Waals surface area contributed by atoms with Crippen molar-refractivity contribution in [3.05, 3.63) is 11.6 Å². The summed E-state index contributed by atoms with van der Waals surface area (Å²) < 4.78 is 0. The Morgan fingerprint density at radius 3 is 2.74 bits per heavy atom. The number of hydrogen-bond acceptors (Lipinski definition) is 4. The molecule has 0 atom stereocenters. The second kappa shape index (κ2) is 6.31. The van der Waals surface area contributed by atoms with Gasteiger partial charge >= 0.3 is 0 Å². The fourth-order valence-corrected chi connectivity index (χ4v) is 1.68. The number of aromatic nitrogens is 3. The molecule has 0 unspecified atom stereocenters. The average molecular weight is 265 g/mol. The Balaban J connectivity index is 1.66. The van der Waals surface area contributed by atoms with Gasteiger partial charge in [-0.2, -0.15) is 0 Å². The van der Waals surface area contributed by atoms with Crippen molar-refractivity contribution >= 4 is 11.8 Å². The lowest BCUT2D eigenvalue weighted by Crippen LogP contribution is -2.35. The van der Waals surface area contributed by atoms with Gasteiger partial charge in [0.05, 0.1) is 0 Å². The molecule has 0 aromatic carbocycles. The van der Waals surface area contributed by atoms with Crippen LogP contribution in [0.15, 0.2) is 0 Å². The molecule has 2 rings (SSSR count). The van der Waals surface area contributed by atoms with Crippen molar-refractivity contribution < 1.29 is 9.59 Å². The molecule has 1 heterocycles. The highest BCUT2D eigenvalue weighted by Crippen LogP contribution is 2.28. The lowest BCUT2D eigenvalue weighted by atomic mass is 10.3. The van der Waals surface area contributed by atoms with E-state index >= 15 is 0 Å². The maximum Gasteiger partial charge on any atom is 0.291 e. The minimum atomic E-state index is -0.320. The number of aryl methyl sites for hydroxylation is 1. The predicted octanol–water partition coefficient (Wildman–Crippen LogP) is 0.0132. The molecular formula is C12H19N5O2. The maximum atomic E-state index is 11.7. The molecule has 7 heteroatoms. The topological polar surface area (TPSA) is 99.8 Å². The Labute approximate surface area is 111 Å². The van der Waals surface area contributed by atoms with E-state index in [4.69, 9.17) is 0 Å². The molecular weight excluding hydrogens is 246 g/mol. The quantitative estimate of drug-likeness (QED) is 0.605. The van der Waals surface area contributed by atoms with Crippen LogP contribution >= 0.6 is 0 Å². The van der Waals surface area contributed by atoms with Crippen LogP contribution in [0.25, 0.3) is 0 Å². The minimum absolute atomic E-state index is 0.0809. The van der Waals surface area contributed by atoms with Crippen LogP contribution in [0.3, 0.4) is 0 Å². The molecule has 104 valence electrons. The van der Waals surface area contributed by atoms with Gasteiger partial charge in [-0.1, -0.05) is 6.92 Å². The summed E-state index contributed by atoms with van der Waals surface area (Å²) in [6, 6.07) is 0. The zero-order valence-corrected chi connectivity index (χ0v) is 11.0. The van der Waals surface area contributed by atoms with Crippen molar-refractivity contribution in [2.45, 2.75) is 32.6 Å². The molecule has 7 nitrogen and oxygen atoms in total. The third kappa shape index (κ3) is 4.04. The van der Waals surface area contributed by atoms with Crippen LogP contribution in [0.1, 0.15) is 42.6 Å². The first-order chi connectivity index (χ1) is 9.20. The Morgan fingerprint density at radius 2 is 2.05 bits per heavy atom. The number of nitrogens with one attached hydrogen (secondary N) is 3. The Kier molecular flexibility index (Phi) is 4.48. The van der Waals surface area contributed by atoms with E-state index in [9.17, 15) is 9.59 Å². The zero-order valence-electron chi connectivity index (χ0n) is 11.0. The molecule has 0 bridgehead atoms. The van der Waals surface area contributed by atoms with Gasteiger partial charge in [0.25, 0.3) is 5.91 Å². The van der Waals surface area contributed by atoms with Crippen molar-refractivity contribution in [3.8, 4) is 0 Å². The largest absolute Gasteiger partial charge is 0.354 e. The molecule has 0 aliphatic heterocycles. The van der Waals surface area contributed by atoms with Crippen molar-refractivity contribution in [3.63, 3.8) is 0 Å². The molecule has 1 aliphatic carbocycles. The summed E-state index contributed by atoms with van der Waals surface area (Å²) in [6.45, 7) is 2.85. The summed E-state index contributed by atoms with van der Waals surface area (Å²) in [5.41, 5.74) is 0. The summed E-state index contributed by atoms with van der Waals surface area (Å²) in [4.78, 5) is 27.1. The molecule has 3 N–H and O–H groups in total. The van der Waals surface area contributed by atoms with E-state index in [1.165, 1.54) is 0 Å². The molecule has 1 saturated carbocycles. The van der Waals surface area contributed by atoms with Gasteiger partial charge in [-0.25, -0.2) is 4.98 Å². The summed E-state index contributed by atoms with van der Waals surface area (Å²) in [6.07, 6.45) is 3.69. The summed E-state index contributed by atoms with van der Waals surface area (Å²) >= 11 is 0. The van der Waals surface area contributed by atoms with Gasteiger partial charge in [-0.3, -0.25) is 14.7 Å². The van der Waals surface area contributed by atoms with Crippen LogP contribution in [0.4, 0.5) is 0 Å². The smallest absolute Gasteiger partial charge is 0.291 e. The highest BCUT2D eigenvalue weighted by molar-refractivity contribution is 5.90.